The lowest BCUT2D eigenvalue weighted by atomic mass is 9.86. The number of fused-ring (bicyclic) bond motifs is 1. The van der Waals surface area contributed by atoms with Gasteiger partial charge in [0.2, 0.25) is 0 Å². The zero-order chi connectivity index (χ0) is 16.2. The van der Waals surface area contributed by atoms with E-state index in [0.29, 0.717) is 5.56 Å². The minimum Gasteiger partial charge on any atom is -0.497 e. The standard InChI is InChI=1S/C19H21NO3/c1-23-16-8-5-13(6-9-16)12-20-18-4-2-3-14-11-15(19(21)22)7-10-17(14)18/h5-11,18,20H,2-4,12H2,1H3,(H,21,22). The number of aryl methyl sites for hydroxylation is 1. The fourth-order valence-electron chi connectivity index (χ4n) is 3.14. The number of hydrogen-bond acceptors (Lipinski definition) is 3. The number of nitrogens with one attached hydrogen (secondary N) is 1. The van der Waals surface area contributed by atoms with Crippen molar-refractivity contribution in [2.75, 3.05) is 7.11 Å². The van der Waals surface area contributed by atoms with Gasteiger partial charge in [-0.25, -0.2) is 4.79 Å². The molecule has 1 aliphatic carbocycles. The largest absolute Gasteiger partial charge is 0.497 e. The molecule has 1 atom stereocenters. The predicted octanol–water partition coefficient (Wildman–Crippen LogP) is 3.56. The van der Waals surface area contributed by atoms with Crippen molar-refractivity contribution in [2.24, 2.45) is 0 Å². The Labute approximate surface area is 136 Å². The highest BCUT2D eigenvalue weighted by atomic mass is 16.5. The zero-order valence-electron chi connectivity index (χ0n) is 13.2. The summed E-state index contributed by atoms with van der Waals surface area (Å²) in [5.41, 5.74) is 3.97. The third kappa shape index (κ3) is 3.54. The smallest absolute Gasteiger partial charge is 0.335 e. The van der Waals surface area contributed by atoms with Crippen LogP contribution in [0.1, 0.15) is 45.9 Å². The van der Waals surface area contributed by atoms with Crippen LogP contribution in [0.3, 0.4) is 0 Å². The second kappa shape index (κ2) is 6.84. The lowest BCUT2D eigenvalue weighted by molar-refractivity contribution is 0.0696. The van der Waals surface area contributed by atoms with Crippen LogP contribution in [-0.4, -0.2) is 18.2 Å². The predicted molar refractivity (Wildman–Crippen MR) is 88.9 cm³/mol. The number of methoxy groups -OCH3 is 1. The van der Waals surface area contributed by atoms with Crippen LogP contribution in [0, 0.1) is 0 Å². The molecule has 0 spiro atoms. The molecular formula is C19H21NO3. The molecule has 0 aromatic heterocycles. The van der Waals surface area contributed by atoms with Gasteiger partial charge >= 0.3 is 5.97 Å². The molecule has 0 saturated carbocycles. The van der Waals surface area contributed by atoms with Crippen LogP contribution in [0.25, 0.3) is 0 Å². The van der Waals surface area contributed by atoms with E-state index in [1.807, 2.05) is 24.3 Å². The lowest BCUT2D eigenvalue weighted by Gasteiger charge is -2.27. The second-order valence-electron chi connectivity index (χ2n) is 5.89. The number of carboxylic acids is 1. The van der Waals surface area contributed by atoms with Crippen molar-refractivity contribution in [3.05, 3.63) is 64.7 Å². The van der Waals surface area contributed by atoms with E-state index in [9.17, 15) is 4.79 Å². The Morgan fingerprint density at radius 3 is 2.74 bits per heavy atom. The number of aromatic carboxylic acids is 1. The average Bonchev–Trinajstić information content (AvgIpc) is 2.59. The van der Waals surface area contributed by atoms with Crippen LogP contribution in [-0.2, 0) is 13.0 Å². The molecule has 2 N–H and O–H groups in total. The van der Waals surface area contributed by atoms with Gasteiger partial charge in [0.1, 0.15) is 5.75 Å². The van der Waals surface area contributed by atoms with Crippen molar-refractivity contribution >= 4 is 5.97 Å². The number of benzene rings is 2. The van der Waals surface area contributed by atoms with E-state index in [2.05, 4.69) is 17.4 Å². The first-order valence-corrected chi connectivity index (χ1v) is 7.90. The highest BCUT2D eigenvalue weighted by Gasteiger charge is 2.20. The number of carbonyl (C=O) groups is 1. The first kappa shape index (κ1) is 15.6. The molecule has 0 saturated heterocycles. The van der Waals surface area contributed by atoms with Crippen molar-refractivity contribution in [3.63, 3.8) is 0 Å². The molecule has 2 aromatic rings. The Bertz CT molecular complexity index is 694. The number of hydrogen-bond donors (Lipinski definition) is 2. The summed E-state index contributed by atoms with van der Waals surface area (Å²) in [5, 5.41) is 12.7. The molecule has 0 aliphatic heterocycles. The summed E-state index contributed by atoms with van der Waals surface area (Å²) in [5.74, 6) is -0.000854. The van der Waals surface area contributed by atoms with Crippen molar-refractivity contribution in [3.8, 4) is 5.75 Å². The van der Waals surface area contributed by atoms with E-state index in [1.165, 1.54) is 11.1 Å². The molecule has 2 aromatic carbocycles. The summed E-state index contributed by atoms with van der Waals surface area (Å²) >= 11 is 0. The van der Waals surface area contributed by atoms with Gasteiger partial charge in [-0.1, -0.05) is 18.2 Å². The molecule has 120 valence electrons. The maximum absolute atomic E-state index is 11.1. The van der Waals surface area contributed by atoms with Crippen LogP contribution in [0.15, 0.2) is 42.5 Å². The second-order valence-corrected chi connectivity index (χ2v) is 5.89. The molecule has 3 rings (SSSR count). The topological polar surface area (TPSA) is 58.6 Å². The van der Waals surface area contributed by atoms with Crippen LogP contribution < -0.4 is 10.1 Å². The van der Waals surface area contributed by atoms with Crippen molar-refractivity contribution in [1.82, 2.24) is 5.32 Å². The van der Waals surface area contributed by atoms with Crippen LogP contribution in [0.2, 0.25) is 0 Å². The molecule has 0 fully saturated rings. The van der Waals surface area contributed by atoms with E-state index in [1.54, 1.807) is 13.2 Å². The summed E-state index contributed by atoms with van der Waals surface area (Å²) in [7, 11) is 1.66. The minimum atomic E-state index is -0.860. The molecule has 0 amide bonds. The number of rotatable bonds is 5. The van der Waals surface area contributed by atoms with E-state index in [-0.39, 0.29) is 6.04 Å². The van der Waals surface area contributed by atoms with Crippen LogP contribution >= 0.6 is 0 Å². The first-order chi connectivity index (χ1) is 11.2. The van der Waals surface area contributed by atoms with Crippen molar-refractivity contribution < 1.29 is 14.6 Å². The number of carboxylic acid groups (broad SMARTS) is 1. The minimum absolute atomic E-state index is 0.281. The quantitative estimate of drug-likeness (QED) is 0.886. The normalized spacial score (nSPS) is 16.7. The molecular weight excluding hydrogens is 290 g/mol. The van der Waals surface area contributed by atoms with Gasteiger partial charge in [0.15, 0.2) is 0 Å². The fraction of sp³-hybridized carbons (Fsp3) is 0.316. The van der Waals surface area contributed by atoms with Crippen LogP contribution in [0.5, 0.6) is 5.75 Å². The molecule has 1 unspecified atom stereocenters. The molecule has 4 heteroatoms. The van der Waals surface area contributed by atoms with Gasteiger partial charge in [0, 0.05) is 12.6 Å². The summed E-state index contributed by atoms with van der Waals surface area (Å²) in [6.07, 6.45) is 3.11. The fourth-order valence-corrected chi connectivity index (χ4v) is 3.14. The monoisotopic (exact) mass is 311 g/mol. The Kier molecular flexibility index (Phi) is 4.63. The average molecular weight is 311 g/mol. The lowest BCUT2D eigenvalue weighted by Crippen LogP contribution is -2.25. The summed E-state index contributed by atoms with van der Waals surface area (Å²) < 4.78 is 5.17. The third-order valence-electron chi connectivity index (χ3n) is 4.42. The van der Waals surface area contributed by atoms with Crippen molar-refractivity contribution in [1.29, 1.82) is 0 Å². The maximum atomic E-state index is 11.1. The molecule has 0 heterocycles. The van der Waals surface area contributed by atoms with E-state index in [0.717, 1.165) is 37.1 Å². The Hall–Kier alpha value is -2.33. The van der Waals surface area contributed by atoms with E-state index >= 15 is 0 Å². The highest BCUT2D eigenvalue weighted by Crippen LogP contribution is 2.30. The Morgan fingerprint density at radius 1 is 1.26 bits per heavy atom. The van der Waals surface area contributed by atoms with Gasteiger partial charge in [0.05, 0.1) is 12.7 Å². The molecule has 0 bridgehead atoms. The third-order valence-corrected chi connectivity index (χ3v) is 4.42. The van der Waals surface area contributed by atoms with Gasteiger partial charge in [-0.3, -0.25) is 0 Å². The summed E-state index contributed by atoms with van der Waals surface area (Å²) in [4.78, 5) is 11.1. The first-order valence-electron chi connectivity index (χ1n) is 7.90. The van der Waals surface area contributed by atoms with Crippen LogP contribution in [0.4, 0.5) is 0 Å². The van der Waals surface area contributed by atoms with Gasteiger partial charge in [0.25, 0.3) is 0 Å². The summed E-state index contributed by atoms with van der Waals surface area (Å²) in [6, 6.07) is 13.8. The zero-order valence-corrected chi connectivity index (χ0v) is 13.2. The molecule has 4 nitrogen and oxygen atoms in total. The Morgan fingerprint density at radius 2 is 2.04 bits per heavy atom. The van der Waals surface area contributed by atoms with E-state index < -0.39 is 5.97 Å². The van der Waals surface area contributed by atoms with Gasteiger partial charge in [-0.05, 0) is 60.2 Å². The van der Waals surface area contributed by atoms with E-state index in [4.69, 9.17) is 9.84 Å². The highest BCUT2D eigenvalue weighted by molar-refractivity contribution is 5.88. The van der Waals surface area contributed by atoms with Crippen molar-refractivity contribution in [2.45, 2.75) is 31.8 Å². The molecule has 23 heavy (non-hydrogen) atoms. The molecule has 0 radical (unpaired) electrons. The Balaban J connectivity index is 1.71. The summed E-state index contributed by atoms with van der Waals surface area (Å²) in [6.45, 7) is 0.786. The SMILES string of the molecule is COc1ccc(CNC2CCCc3cc(C(=O)O)ccc32)cc1. The maximum Gasteiger partial charge on any atom is 0.335 e. The van der Waals surface area contributed by atoms with Gasteiger partial charge < -0.3 is 15.2 Å². The van der Waals surface area contributed by atoms with Gasteiger partial charge in [-0.15, -0.1) is 0 Å². The molecule has 1 aliphatic rings. The van der Waals surface area contributed by atoms with Gasteiger partial charge in [-0.2, -0.15) is 0 Å². The number of ether oxygens (including phenoxy) is 1.